The summed E-state index contributed by atoms with van der Waals surface area (Å²) in [6.45, 7) is -0.239. The predicted octanol–water partition coefficient (Wildman–Crippen LogP) is 5.22. The van der Waals surface area contributed by atoms with Crippen LogP contribution in [-0.4, -0.2) is 71.6 Å². The lowest BCUT2D eigenvalue weighted by Crippen LogP contribution is -2.55. The molecule has 5 aromatic rings. The molecule has 62 heavy (non-hydrogen) atoms. The summed E-state index contributed by atoms with van der Waals surface area (Å²) < 4.78 is 16.0. The van der Waals surface area contributed by atoms with Gasteiger partial charge in [0, 0.05) is 24.2 Å². The van der Waals surface area contributed by atoms with E-state index in [0.717, 1.165) is 19.8 Å². The van der Waals surface area contributed by atoms with Gasteiger partial charge in [0.05, 0.1) is 38.3 Å². The lowest BCUT2D eigenvalue weighted by Gasteiger charge is -2.46. The molecule has 314 valence electrons. The van der Waals surface area contributed by atoms with Gasteiger partial charge in [-0.1, -0.05) is 115 Å². The molecule has 13 nitrogen and oxygen atoms in total. The second-order valence-corrected chi connectivity index (χ2v) is 15.3. The van der Waals surface area contributed by atoms with E-state index in [0.29, 0.717) is 33.5 Å². The average molecular weight is 834 g/mol. The Kier molecular flexibility index (Phi) is 11.6. The van der Waals surface area contributed by atoms with E-state index >= 15 is 9.59 Å². The number of anilines is 1. The standard InChI is InChI=1S/C49H43N3O10/c1-60-45(56)35(46(57)61-2)20-12-13-29-21-26-37-36(27-29)49(48(59)51-37)39(44(55)50-28-38(54)30-14-6-3-7-15-30)41-47(58)62-42(32-18-10-5-11-19-32)40(31-16-8-4-9-17-31)52(41)43(49)33-22-24-34(53)25-23-33/h3-11,14-19,21-27,35,38-43,53-54H,20,28H2,1-2H3,(H,50,55)(H,51,59). The number of methoxy groups -OCH3 is 2. The highest BCUT2D eigenvalue weighted by Gasteiger charge is 2.74. The Hall–Kier alpha value is -7.27. The predicted molar refractivity (Wildman–Crippen MR) is 225 cm³/mol. The van der Waals surface area contributed by atoms with E-state index in [4.69, 9.17) is 14.2 Å². The third-order valence-electron chi connectivity index (χ3n) is 12.0. The van der Waals surface area contributed by atoms with Gasteiger partial charge in [-0.05, 0) is 58.1 Å². The highest BCUT2D eigenvalue weighted by molar-refractivity contribution is 6.12. The number of phenolic OH excluding ortho intramolecular Hbond substituents is 1. The highest BCUT2D eigenvalue weighted by atomic mass is 16.6. The van der Waals surface area contributed by atoms with Crippen molar-refractivity contribution in [2.45, 2.75) is 42.2 Å². The number of nitrogens with one attached hydrogen (secondary N) is 2. The molecule has 1 spiro atoms. The van der Waals surface area contributed by atoms with Gasteiger partial charge >= 0.3 is 17.9 Å². The van der Waals surface area contributed by atoms with E-state index in [-0.39, 0.29) is 18.7 Å². The molecule has 3 aliphatic heterocycles. The minimum Gasteiger partial charge on any atom is -0.508 e. The summed E-state index contributed by atoms with van der Waals surface area (Å²) in [6, 6.07) is 35.6. The molecule has 0 aliphatic carbocycles. The number of rotatable bonds is 10. The van der Waals surface area contributed by atoms with E-state index in [9.17, 15) is 24.6 Å². The molecule has 2 amide bonds. The number of aliphatic hydroxyl groups is 1. The lowest BCUT2D eigenvalue weighted by atomic mass is 9.65. The molecule has 4 N–H and O–H groups in total. The maximum absolute atomic E-state index is 15.3. The van der Waals surface area contributed by atoms with Gasteiger partial charge in [0.15, 0.2) is 5.92 Å². The number of hydrogen-bond acceptors (Lipinski definition) is 11. The van der Waals surface area contributed by atoms with Crippen molar-refractivity contribution in [2.24, 2.45) is 11.8 Å². The number of esters is 3. The first-order valence-corrected chi connectivity index (χ1v) is 20.1. The van der Waals surface area contributed by atoms with Crippen LogP contribution < -0.4 is 10.6 Å². The number of aliphatic hydroxyl groups excluding tert-OH is 1. The number of carbonyl (C=O) groups excluding carboxylic acids is 5. The summed E-state index contributed by atoms with van der Waals surface area (Å²) in [4.78, 5) is 72.3. The smallest absolute Gasteiger partial charge is 0.324 e. The number of carbonyl (C=O) groups is 5. The van der Waals surface area contributed by atoms with Crippen molar-refractivity contribution in [1.82, 2.24) is 10.2 Å². The molecule has 3 heterocycles. The molecule has 0 bridgehead atoms. The van der Waals surface area contributed by atoms with Crippen LogP contribution in [-0.2, 0) is 43.6 Å². The van der Waals surface area contributed by atoms with Crippen LogP contribution in [0.4, 0.5) is 5.69 Å². The summed E-state index contributed by atoms with van der Waals surface area (Å²) in [7, 11) is 2.31. The number of benzene rings is 5. The molecule has 8 rings (SSSR count). The zero-order valence-electron chi connectivity index (χ0n) is 33.8. The van der Waals surface area contributed by atoms with Gasteiger partial charge in [0.25, 0.3) is 0 Å². The van der Waals surface area contributed by atoms with E-state index in [1.165, 1.54) is 12.1 Å². The number of fused-ring (bicyclic) bond motifs is 3. The summed E-state index contributed by atoms with van der Waals surface area (Å²) in [5.74, 6) is -0.526. The fourth-order valence-corrected chi connectivity index (χ4v) is 9.23. The van der Waals surface area contributed by atoms with Gasteiger partial charge in [-0.15, -0.1) is 0 Å². The molecule has 2 fully saturated rings. The third-order valence-corrected chi connectivity index (χ3v) is 12.0. The van der Waals surface area contributed by atoms with Gasteiger partial charge in [-0.3, -0.25) is 28.9 Å². The van der Waals surface area contributed by atoms with E-state index < -0.39 is 77.3 Å². The van der Waals surface area contributed by atoms with Crippen molar-refractivity contribution in [3.05, 3.63) is 167 Å². The number of phenols is 1. The number of amides is 2. The second kappa shape index (κ2) is 17.4. The monoisotopic (exact) mass is 833 g/mol. The fraction of sp³-hybridized carbons (Fsp3) is 0.245. The number of aromatic hydroxyl groups is 1. The van der Waals surface area contributed by atoms with Gasteiger partial charge in [-0.25, -0.2) is 0 Å². The summed E-state index contributed by atoms with van der Waals surface area (Å²) >= 11 is 0. The number of hydrogen-bond donors (Lipinski definition) is 4. The van der Waals surface area contributed by atoms with Crippen LogP contribution in [0.5, 0.6) is 5.75 Å². The first kappa shape index (κ1) is 41.5. The number of morpholine rings is 1. The Bertz CT molecular complexity index is 2540. The van der Waals surface area contributed by atoms with Gasteiger partial charge in [0.2, 0.25) is 11.8 Å². The molecule has 5 aromatic carbocycles. The average Bonchev–Trinajstić information content (AvgIpc) is 3.78. The Morgan fingerprint density at radius 2 is 1.42 bits per heavy atom. The Morgan fingerprint density at radius 3 is 2.05 bits per heavy atom. The lowest BCUT2D eigenvalue weighted by molar-refractivity contribution is -0.178. The van der Waals surface area contributed by atoms with Crippen LogP contribution in [0.15, 0.2) is 133 Å². The Morgan fingerprint density at radius 1 is 0.806 bits per heavy atom. The maximum atomic E-state index is 15.3. The summed E-state index contributed by atoms with van der Waals surface area (Å²) in [5, 5.41) is 27.7. The van der Waals surface area contributed by atoms with Gasteiger partial charge in [0.1, 0.15) is 23.3 Å². The van der Waals surface area contributed by atoms with Crippen LogP contribution in [0.3, 0.4) is 0 Å². The first-order chi connectivity index (χ1) is 30.1. The largest absolute Gasteiger partial charge is 0.508 e. The molecule has 0 saturated carbocycles. The highest BCUT2D eigenvalue weighted by Crippen LogP contribution is 2.64. The summed E-state index contributed by atoms with van der Waals surface area (Å²) in [6.07, 6.45) is -2.24. The van der Waals surface area contributed by atoms with E-state index in [1.54, 1.807) is 60.7 Å². The van der Waals surface area contributed by atoms with Gasteiger partial charge in [-0.2, -0.15) is 0 Å². The first-order valence-electron chi connectivity index (χ1n) is 20.1. The normalized spacial score (nSPS) is 22.9. The van der Waals surface area contributed by atoms with E-state index in [2.05, 4.69) is 22.5 Å². The maximum Gasteiger partial charge on any atom is 0.324 e. The summed E-state index contributed by atoms with van der Waals surface area (Å²) in [5.41, 5.74) is 1.77. The van der Waals surface area contributed by atoms with E-state index in [1.807, 2.05) is 65.6 Å². The van der Waals surface area contributed by atoms with Crippen LogP contribution in [0.25, 0.3) is 0 Å². The number of nitrogens with zero attached hydrogens (tertiary/aromatic N) is 1. The number of ether oxygens (including phenoxy) is 3. The molecule has 7 atom stereocenters. The third kappa shape index (κ3) is 7.33. The Labute approximate surface area is 357 Å². The SMILES string of the molecule is COC(=O)C(CC#Cc1ccc2c(c1)C1(C(=O)N2)C(C(=O)NCC(O)c2ccccc2)C2C(=O)OC(c3ccccc3)C(c3ccccc3)N2C1c1ccc(O)cc1)C(=O)OC. The van der Waals surface area contributed by atoms with Crippen molar-refractivity contribution in [2.75, 3.05) is 26.1 Å². The second-order valence-electron chi connectivity index (χ2n) is 15.3. The zero-order chi connectivity index (χ0) is 43.5. The van der Waals surface area contributed by atoms with Crippen molar-refractivity contribution in [3.63, 3.8) is 0 Å². The quantitative estimate of drug-likeness (QED) is 0.0628. The van der Waals surface area contributed by atoms with Crippen LogP contribution in [0.2, 0.25) is 0 Å². The van der Waals surface area contributed by atoms with Crippen LogP contribution in [0, 0.1) is 23.7 Å². The minimum absolute atomic E-state index is 0.0348. The van der Waals surface area contributed by atoms with Crippen LogP contribution in [0.1, 0.15) is 64.1 Å². The van der Waals surface area contributed by atoms with Crippen molar-refractivity contribution < 1.29 is 48.4 Å². The molecule has 7 unspecified atom stereocenters. The fourth-order valence-electron chi connectivity index (χ4n) is 9.23. The van der Waals surface area contributed by atoms with Crippen molar-refractivity contribution >= 4 is 35.4 Å². The molecular weight excluding hydrogens is 791 g/mol. The van der Waals surface area contributed by atoms with Crippen molar-refractivity contribution in [1.29, 1.82) is 0 Å². The molecule has 0 aromatic heterocycles. The molecule has 13 heteroatoms. The topological polar surface area (TPSA) is 181 Å². The Balaban J connectivity index is 1.34. The zero-order valence-corrected chi connectivity index (χ0v) is 33.8. The molecule has 3 aliphatic rings. The van der Waals surface area contributed by atoms with Crippen LogP contribution >= 0.6 is 0 Å². The van der Waals surface area contributed by atoms with Gasteiger partial charge < -0.3 is 35.1 Å². The number of cyclic esters (lactones) is 1. The molecule has 0 radical (unpaired) electrons. The van der Waals surface area contributed by atoms with Crippen molar-refractivity contribution in [3.8, 4) is 17.6 Å². The molecule has 2 saturated heterocycles. The molecular formula is C49H43N3O10. The minimum atomic E-state index is -1.87.